The second kappa shape index (κ2) is 11.1. The Morgan fingerprint density at radius 3 is 2.38 bits per heavy atom. The third-order valence-corrected chi connectivity index (χ3v) is 10.2. The number of nitrogens with zero attached hydrogens (tertiary/aromatic N) is 2. The van der Waals surface area contributed by atoms with Crippen LogP contribution in [0, 0.1) is 30.6 Å². The molecule has 0 aromatic heterocycles. The Hall–Kier alpha value is -5.45. The van der Waals surface area contributed by atoms with Gasteiger partial charge in [-0.15, -0.1) is 0 Å². The standard InChI is InChI=1S/C36H34N4O7/c1-3-47-28-17-20(11-16-27(28)41)30-23-14-15-24-29(33(44)39(31(24)42)35(37)46)25(23)18-26-32(43)40(38-22-12-9-19(2)10-13-22)34(45)36(26,30)21-7-5-4-6-8-21/h4-14,16-17,24-26,29-30,38,41H,3,15,18H2,1-2H3,(H2,37,46)/t24-,25+,26-,29-,30-,36+/m0/s1. The van der Waals surface area contributed by atoms with Crippen molar-refractivity contribution < 1.29 is 33.8 Å². The molecular formula is C36H34N4O7. The Bertz CT molecular complexity index is 1860. The van der Waals surface area contributed by atoms with Gasteiger partial charge in [0.1, 0.15) is 0 Å². The summed E-state index contributed by atoms with van der Waals surface area (Å²) in [6.45, 7) is 3.99. The summed E-state index contributed by atoms with van der Waals surface area (Å²) in [5.74, 6) is -6.34. The van der Waals surface area contributed by atoms with E-state index in [1.807, 2.05) is 55.5 Å². The number of nitrogens with two attached hydrogens (primary N) is 1. The van der Waals surface area contributed by atoms with Gasteiger partial charge in [0, 0.05) is 5.92 Å². The largest absolute Gasteiger partial charge is 0.504 e. The molecule has 6 amide bonds. The van der Waals surface area contributed by atoms with Gasteiger partial charge in [0.2, 0.25) is 11.8 Å². The summed E-state index contributed by atoms with van der Waals surface area (Å²) in [5.41, 5.74) is 10.5. The zero-order chi connectivity index (χ0) is 33.2. The first-order valence-electron chi connectivity index (χ1n) is 15.7. The average molecular weight is 635 g/mol. The molecule has 3 fully saturated rings. The van der Waals surface area contributed by atoms with Gasteiger partial charge >= 0.3 is 6.03 Å². The topological polar surface area (TPSA) is 159 Å². The minimum atomic E-state index is -1.47. The summed E-state index contributed by atoms with van der Waals surface area (Å²) >= 11 is 0. The minimum Gasteiger partial charge on any atom is -0.504 e. The van der Waals surface area contributed by atoms with Crippen LogP contribution in [-0.4, -0.2) is 51.3 Å². The SMILES string of the molecule is CCOc1cc([C@H]2C3=CC[C@@H]4C(=O)N(C(N)=O)C(=O)[C@@H]4[C@@H]3C[C@H]3C(=O)N(Nc4ccc(C)cc4)C(=O)[C@@]23c2ccccc2)ccc1O. The van der Waals surface area contributed by atoms with Crippen molar-refractivity contribution in [2.75, 3.05) is 12.0 Å². The lowest BCUT2D eigenvalue weighted by atomic mass is 9.49. The van der Waals surface area contributed by atoms with Crippen LogP contribution in [0.1, 0.15) is 42.4 Å². The number of rotatable bonds is 6. The number of allylic oxidation sites excluding steroid dienone is 2. The molecule has 11 heteroatoms. The van der Waals surface area contributed by atoms with E-state index < -0.39 is 64.7 Å². The number of fused-ring (bicyclic) bond motifs is 4. The predicted molar refractivity (Wildman–Crippen MR) is 170 cm³/mol. The minimum absolute atomic E-state index is 0.0804. The molecule has 4 aliphatic rings. The molecule has 7 rings (SSSR count). The molecule has 0 spiro atoms. The number of carbonyl (C=O) groups is 5. The summed E-state index contributed by atoms with van der Waals surface area (Å²) < 4.78 is 5.75. The number of primary amides is 1. The summed E-state index contributed by atoms with van der Waals surface area (Å²) in [5, 5.41) is 11.7. The van der Waals surface area contributed by atoms with Crippen molar-refractivity contribution in [2.45, 2.75) is 38.0 Å². The number of aryl methyl sites for hydroxylation is 1. The van der Waals surface area contributed by atoms with E-state index in [0.717, 1.165) is 10.6 Å². The van der Waals surface area contributed by atoms with Gasteiger partial charge in [0.25, 0.3) is 11.8 Å². The van der Waals surface area contributed by atoms with Crippen molar-refractivity contribution in [1.82, 2.24) is 9.91 Å². The first-order valence-corrected chi connectivity index (χ1v) is 15.7. The van der Waals surface area contributed by atoms with Crippen molar-refractivity contribution in [2.24, 2.45) is 29.4 Å². The molecular weight excluding hydrogens is 600 g/mol. The summed E-state index contributed by atoms with van der Waals surface area (Å²) in [4.78, 5) is 69.5. The quantitative estimate of drug-likeness (QED) is 0.269. The number of carbonyl (C=O) groups excluding carboxylic acids is 5. The highest BCUT2D eigenvalue weighted by Crippen LogP contribution is 2.64. The third-order valence-electron chi connectivity index (χ3n) is 10.2. The fourth-order valence-electron chi connectivity index (χ4n) is 8.32. The van der Waals surface area contributed by atoms with Crippen LogP contribution in [0.3, 0.4) is 0 Å². The lowest BCUT2D eigenvalue weighted by Crippen LogP contribution is -2.53. The number of ether oxygens (including phenoxy) is 1. The highest BCUT2D eigenvalue weighted by molar-refractivity contribution is 6.17. The Morgan fingerprint density at radius 2 is 1.70 bits per heavy atom. The zero-order valence-corrected chi connectivity index (χ0v) is 25.9. The molecule has 2 heterocycles. The molecule has 4 N–H and O–H groups in total. The Kier molecular flexibility index (Phi) is 7.14. The monoisotopic (exact) mass is 634 g/mol. The van der Waals surface area contributed by atoms with Crippen LogP contribution in [0.5, 0.6) is 11.5 Å². The Balaban J connectivity index is 1.46. The van der Waals surface area contributed by atoms with Crippen LogP contribution < -0.4 is 15.9 Å². The number of phenols is 1. The Labute approximate surface area is 270 Å². The molecule has 0 unspecified atom stereocenters. The second-order valence-corrected chi connectivity index (χ2v) is 12.6. The molecule has 2 saturated heterocycles. The average Bonchev–Trinajstić information content (AvgIpc) is 3.44. The van der Waals surface area contributed by atoms with E-state index in [4.69, 9.17) is 10.5 Å². The molecule has 6 atom stereocenters. The second-order valence-electron chi connectivity index (χ2n) is 12.6. The molecule has 0 radical (unpaired) electrons. The van der Waals surface area contributed by atoms with E-state index in [2.05, 4.69) is 5.43 Å². The molecule has 0 bridgehead atoms. The smallest absolute Gasteiger partial charge is 0.328 e. The van der Waals surface area contributed by atoms with Crippen LogP contribution in [0.4, 0.5) is 10.5 Å². The van der Waals surface area contributed by atoms with E-state index in [-0.39, 0.29) is 30.9 Å². The predicted octanol–water partition coefficient (Wildman–Crippen LogP) is 4.16. The van der Waals surface area contributed by atoms with Gasteiger partial charge in [0.05, 0.1) is 35.5 Å². The van der Waals surface area contributed by atoms with E-state index in [1.165, 1.54) is 6.07 Å². The molecule has 3 aromatic rings. The molecule has 11 nitrogen and oxygen atoms in total. The lowest BCUT2D eigenvalue weighted by Gasteiger charge is -2.50. The molecule has 47 heavy (non-hydrogen) atoms. The van der Waals surface area contributed by atoms with E-state index in [0.29, 0.717) is 27.3 Å². The van der Waals surface area contributed by atoms with Crippen molar-refractivity contribution in [3.63, 3.8) is 0 Å². The van der Waals surface area contributed by atoms with Gasteiger partial charge in [-0.1, -0.05) is 65.7 Å². The van der Waals surface area contributed by atoms with Crippen LogP contribution in [-0.2, 0) is 24.6 Å². The number of hydrogen-bond donors (Lipinski definition) is 3. The number of urea groups is 1. The fraction of sp³-hybridized carbons (Fsp3) is 0.306. The van der Waals surface area contributed by atoms with E-state index in [9.17, 15) is 24.3 Å². The first kappa shape index (κ1) is 30.2. The highest BCUT2D eigenvalue weighted by atomic mass is 16.5. The molecule has 2 aliphatic heterocycles. The maximum Gasteiger partial charge on any atom is 0.328 e. The van der Waals surface area contributed by atoms with Gasteiger partial charge in [-0.25, -0.2) is 4.79 Å². The highest BCUT2D eigenvalue weighted by Gasteiger charge is 2.70. The number of aromatic hydroxyl groups is 1. The van der Waals surface area contributed by atoms with Crippen LogP contribution in [0.2, 0.25) is 0 Å². The van der Waals surface area contributed by atoms with Crippen molar-refractivity contribution in [1.29, 1.82) is 0 Å². The molecule has 3 aromatic carbocycles. The van der Waals surface area contributed by atoms with E-state index in [1.54, 1.807) is 31.2 Å². The number of amides is 6. The maximum absolute atomic E-state index is 15.1. The number of hydrogen-bond acceptors (Lipinski definition) is 8. The maximum atomic E-state index is 15.1. The fourth-order valence-corrected chi connectivity index (χ4v) is 8.32. The molecule has 1 saturated carbocycles. The number of phenolic OH excluding ortho intramolecular Hbond substituents is 1. The van der Waals surface area contributed by atoms with Gasteiger partial charge in [-0.2, -0.15) is 9.91 Å². The number of imide groups is 4. The van der Waals surface area contributed by atoms with Crippen LogP contribution >= 0.6 is 0 Å². The number of likely N-dealkylation sites (tertiary alicyclic amines) is 1. The van der Waals surface area contributed by atoms with Crippen LogP contribution in [0.25, 0.3) is 0 Å². The third kappa shape index (κ3) is 4.36. The lowest BCUT2D eigenvalue weighted by molar-refractivity contribution is -0.139. The van der Waals surface area contributed by atoms with Crippen molar-refractivity contribution in [3.8, 4) is 11.5 Å². The summed E-state index contributed by atoms with van der Waals surface area (Å²) in [6, 6.07) is 20.2. The van der Waals surface area contributed by atoms with Crippen molar-refractivity contribution in [3.05, 3.63) is 101 Å². The molecule has 2 aliphatic carbocycles. The summed E-state index contributed by atoms with van der Waals surface area (Å²) in [7, 11) is 0. The zero-order valence-electron chi connectivity index (χ0n) is 25.9. The van der Waals surface area contributed by atoms with Crippen molar-refractivity contribution >= 4 is 35.3 Å². The molecule has 240 valence electrons. The Morgan fingerprint density at radius 1 is 0.979 bits per heavy atom. The van der Waals surface area contributed by atoms with E-state index >= 15 is 4.79 Å². The van der Waals surface area contributed by atoms with Gasteiger partial charge < -0.3 is 15.6 Å². The number of nitrogens with one attached hydrogen (secondary N) is 1. The summed E-state index contributed by atoms with van der Waals surface area (Å²) in [6.07, 6.45) is 2.12. The van der Waals surface area contributed by atoms with Gasteiger partial charge in [0.15, 0.2) is 11.5 Å². The van der Waals surface area contributed by atoms with Gasteiger partial charge in [-0.3, -0.25) is 24.6 Å². The number of hydrazine groups is 1. The van der Waals surface area contributed by atoms with Crippen LogP contribution in [0.15, 0.2) is 84.4 Å². The normalized spacial score (nSPS) is 28.0. The first-order chi connectivity index (χ1) is 22.6. The number of anilines is 1. The number of benzene rings is 3. The van der Waals surface area contributed by atoms with Gasteiger partial charge in [-0.05, 0) is 68.0 Å².